The second kappa shape index (κ2) is 3.82. The molecule has 74 valence electrons. The second-order valence-electron chi connectivity index (χ2n) is 2.76. The number of carbonyl (C=O) groups is 4. The third-order valence-corrected chi connectivity index (χ3v) is 1.56. The molecule has 6 heteroatoms. The van der Waals surface area contributed by atoms with Crippen LogP contribution in [0.25, 0.3) is 0 Å². The van der Waals surface area contributed by atoms with Gasteiger partial charge in [0.05, 0.1) is 0 Å². The van der Waals surface area contributed by atoms with Gasteiger partial charge in [0, 0.05) is 0 Å². The van der Waals surface area contributed by atoms with Crippen LogP contribution in [0.3, 0.4) is 0 Å². The molecule has 2 N–H and O–H groups in total. The number of imide groups is 2. The molecule has 0 aromatic carbocycles. The first-order valence-corrected chi connectivity index (χ1v) is 3.85. The summed E-state index contributed by atoms with van der Waals surface area (Å²) in [5.41, 5.74) is 0. The summed E-state index contributed by atoms with van der Waals surface area (Å²) in [7, 11) is 0. The van der Waals surface area contributed by atoms with Gasteiger partial charge in [0.15, 0.2) is 5.78 Å². The van der Waals surface area contributed by atoms with Crippen LogP contribution >= 0.6 is 0 Å². The van der Waals surface area contributed by atoms with Gasteiger partial charge in [-0.2, -0.15) is 0 Å². The summed E-state index contributed by atoms with van der Waals surface area (Å²) in [6.07, 6.45) is 2.26. The largest absolute Gasteiger partial charge is 0.328 e. The fourth-order valence-electron chi connectivity index (χ4n) is 0.936. The summed E-state index contributed by atoms with van der Waals surface area (Å²) >= 11 is 0. The first-order valence-electron chi connectivity index (χ1n) is 3.85. The van der Waals surface area contributed by atoms with Crippen LogP contribution in [0.5, 0.6) is 0 Å². The predicted octanol–water partition coefficient (Wildman–Crippen LogP) is -0.886. The van der Waals surface area contributed by atoms with Gasteiger partial charge >= 0.3 is 6.03 Å². The second-order valence-corrected chi connectivity index (χ2v) is 2.76. The smallest absolute Gasteiger partial charge is 0.295 e. The molecule has 1 rings (SSSR count). The fourth-order valence-corrected chi connectivity index (χ4v) is 0.936. The molecule has 6 nitrogen and oxygen atoms in total. The van der Waals surface area contributed by atoms with Gasteiger partial charge in [-0.1, -0.05) is 6.08 Å². The van der Waals surface area contributed by atoms with Crippen LogP contribution in [0.4, 0.5) is 4.79 Å². The maximum Gasteiger partial charge on any atom is 0.328 e. The molecule has 1 aliphatic heterocycles. The molecule has 0 spiro atoms. The number of hydrogen-bond acceptors (Lipinski definition) is 4. The Balaban J connectivity index is 2.78. The molecule has 0 aromatic rings. The van der Waals surface area contributed by atoms with E-state index >= 15 is 0 Å². The van der Waals surface area contributed by atoms with Crippen molar-refractivity contribution in [2.24, 2.45) is 5.92 Å². The number of rotatable bonds is 2. The standard InChI is InChI=1S/C8H8N2O4/c1-4(11)2-3-5-6(12)9-8(14)10-7(5)13/h2-3,5H,1H3,(H2,9,10,12,13,14)/b3-2+. The zero-order valence-electron chi connectivity index (χ0n) is 7.37. The van der Waals surface area contributed by atoms with E-state index in [1.54, 1.807) is 0 Å². The van der Waals surface area contributed by atoms with Gasteiger partial charge in [0.25, 0.3) is 0 Å². The minimum Gasteiger partial charge on any atom is -0.295 e. The molecule has 0 bridgehead atoms. The van der Waals surface area contributed by atoms with E-state index < -0.39 is 23.8 Å². The van der Waals surface area contributed by atoms with Crippen molar-refractivity contribution in [2.45, 2.75) is 6.92 Å². The summed E-state index contributed by atoms with van der Waals surface area (Å²) in [6.45, 7) is 1.29. The van der Waals surface area contributed by atoms with Crippen molar-refractivity contribution in [2.75, 3.05) is 0 Å². The maximum atomic E-state index is 11.1. The molecule has 1 fully saturated rings. The zero-order valence-corrected chi connectivity index (χ0v) is 7.37. The van der Waals surface area contributed by atoms with Crippen molar-refractivity contribution in [3.63, 3.8) is 0 Å². The lowest BCUT2D eigenvalue weighted by atomic mass is 10.1. The van der Waals surface area contributed by atoms with E-state index in [9.17, 15) is 19.2 Å². The molecule has 1 saturated heterocycles. The van der Waals surface area contributed by atoms with E-state index in [1.165, 1.54) is 6.92 Å². The molecule has 14 heavy (non-hydrogen) atoms. The van der Waals surface area contributed by atoms with E-state index in [-0.39, 0.29) is 5.78 Å². The Morgan fingerprint density at radius 3 is 2.14 bits per heavy atom. The number of hydrogen-bond donors (Lipinski definition) is 2. The van der Waals surface area contributed by atoms with Crippen LogP contribution in [0.1, 0.15) is 6.92 Å². The number of allylic oxidation sites excluding steroid dienone is 1. The lowest BCUT2D eigenvalue weighted by Crippen LogP contribution is -2.55. The normalized spacial score (nSPS) is 18.2. The highest BCUT2D eigenvalue weighted by molar-refractivity contribution is 6.17. The maximum absolute atomic E-state index is 11.1. The number of carbonyl (C=O) groups excluding carboxylic acids is 4. The minimum atomic E-state index is -1.11. The van der Waals surface area contributed by atoms with Crippen molar-refractivity contribution in [3.05, 3.63) is 12.2 Å². The molecular formula is C8H8N2O4. The van der Waals surface area contributed by atoms with Crippen LogP contribution in [0.2, 0.25) is 0 Å². The first-order chi connectivity index (χ1) is 6.50. The molecule has 1 heterocycles. The van der Waals surface area contributed by atoms with Crippen molar-refractivity contribution >= 4 is 23.6 Å². The predicted molar refractivity (Wildman–Crippen MR) is 45.0 cm³/mol. The Hall–Kier alpha value is -1.98. The van der Waals surface area contributed by atoms with Crippen molar-refractivity contribution < 1.29 is 19.2 Å². The number of amides is 4. The topological polar surface area (TPSA) is 92.3 Å². The lowest BCUT2D eigenvalue weighted by Gasteiger charge is -2.17. The van der Waals surface area contributed by atoms with E-state index in [2.05, 4.69) is 0 Å². The number of nitrogens with one attached hydrogen (secondary N) is 2. The van der Waals surface area contributed by atoms with E-state index in [0.717, 1.165) is 12.2 Å². The third kappa shape index (κ3) is 2.25. The monoisotopic (exact) mass is 196 g/mol. The van der Waals surface area contributed by atoms with E-state index in [0.29, 0.717) is 0 Å². The van der Waals surface area contributed by atoms with Gasteiger partial charge in [-0.05, 0) is 13.0 Å². The first kappa shape index (κ1) is 10.1. The van der Waals surface area contributed by atoms with Crippen molar-refractivity contribution in [1.82, 2.24) is 10.6 Å². The molecule has 4 amide bonds. The van der Waals surface area contributed by atoms with Crippen LogP contribution < -0.4 is 10.6 Å². The summed E-state index contributed by atoms with van der Waals surface area (Å²) in [5, 5.41) is 3.82. The molecule has 0 aliphatic carbocycles. The molecule has 1 aliphatic rings. The Morgan fingerprint density at radius 1 is 1.21 bits per heavy atom. The van der Waals surface area contributed by atoms with Gasteiger partial charge in [-0.15, -0.1) is 0 Å². The summed E-state index contributed by atoms with van der Waals surface area (Å²) < 4.78 is 0. The van der Waals surface area contributed by atoms with Gasteiger partial charge < -0.3 is 0 Å². The lowest BCUT2D eigenvalue weighted by molar-refractivity contribution is -0.133. The summed E-state index contributed by atoms with van der Waals surface area (Å²) in [4.78, 5) is 43.3. The highest BCUT2D eigenvalue weighted by atomic mass is 16.2. The minimum absolute atomic E-state index is 0.275. The summed E-state index contributed by atoms with van der Waals surface area (Å²) in [5.74, 6) is -2.84. The fraction of sp³-hybridized carbons (Fsp3) is 0.250. The Bertz CT molecular complexity index is 325. The van der Waals surface area contributed by atoms with Crippen molar-refractivity contribution in [3.8, 4) is 0 Å². The third-order valence-electron chi connectivity index (χ3n) is 1.56. The van der Waals surface area contributed by atoms with Crippen molar-refractivity contribution in [1.29, 1.82) is 0 Å². The van der Waals surface area contributed by atoms with Gasteiger partial charge in [-0.3, -0.25) is 25.0 Å². The van der Waals surface area contributed by atoms with Crippen LogP contribution in [0.15, 0.2) is 12.2 Å². The highest BCUT2D eigenvalue weighted by Gasteiger charge is 2.31. The Kier molecular flexibility index (Phi) is 2.76. The summed E-state index contributed by atoms with van der Waals surface area (Å²) in [6, 6.07) is -0.840. The Morgan fingerprint density at radius 2 is 1.71 bits per heavy atom. The van der Waals surface area contributed by atoms with Gasteiger partial charge in [-0.25, -0.2) is 4.79 Å². The molecule has 0 radical (unpaired) electrons. The van der Waals surface area contributed by atoms with Crippen LogP contribution in [-0.4, -0.2) is 23.6 Å². The SMILES string of the molecule is CC(=O)/C=C/C1C(=O)NC(=O)NC1=O. The highest BCUT2D eigenvalue weighted by Crippen LogP contribution is 2.03. The molecular weight excluding hydrogens is 188 g/mol. The number of urea groups is 1. The molecule has 0 atom stereocenters. The average molecular weight is 196 g/mol. The quantitative estimate of drug-likeness (QED) is 0.442. The Labute approximate surface area is 79.3 Å². The van der Waals surface area contributed by atoms with Crippen LogP contribution in [-0.2, 0) is 14.4 Å². The molecule has 0 saturated carbocycles. The van der Waals surface area contributed by atoms with Gasteiger partial charge in [0.2, 0.25) is 11.8 Å². The molecule has 0 unspecified atom stereocenters. The van der Waals surface area contributed by atoms with Gasteiger partial charge in [0.1, 0.15) is 5.92 Å². The number of ketones is 1. The van der Waals surface area contributed by atoms with Crippen LogP contribution in [0, 0.1) is 5.92 Å². The van der Waals surface area contributed by atoms with E-state index in [4.69, 9.17) is 0 Å². The molecule has 0 aromatic heterocycles. The zero-order chi connectivity index (χ0) is 10.7. The van der Waals surface area contributed by atoms with E-state index in [1.807, 2.05) is 10.6 Å². The average Bonchev–Trinajstić information content (AvgIpc) is 2.01. The number of barbiturate groups is 1.